The Balaban J connectivity index is 1.59. The largest absolute Gasteiger partial charge is 0.456 e. The lowest BCUT2D eigenvalue weighted by molar-refractivity contribution is 0.624. The molecule has 1 atom stereocenters. The molecule has 3 aromatic carbocycles. The zero-order valence-electron chi connectivity index (χ0n) is 14.1. The zero-order chi connectivity index (χ0) is 18.0. The summed E-state index contributed by atoms with van der Waals surface area (Å²) in [4.78, 5) is 4.65. The molecule has 0 radical (unpaired) electrons. The molecule has 0 saturated carbocycles. The number of aliphatic imine (C=N–C) groups is 1. The van der Waals surface area contributed by atoms with Crippen LogP contribution in [-0.2, 0) is 0 Å². The average Bonchev–Trinajstić information content (AvgIpc) is 3.24. The van der Waals surface area contributed by atoms with Gasteiger partial charge in [0.1, 0.15) is 22.8 Å². The highest BCUT2D eigenvalue weighted by atomic mass is 35.5. The second-order valence-electron chi connectivity index (χ2n) is 6.64. The smallest absolute Gasteiger partial charge is 0.206 e. The lowest BCUT2D eigenvalue weighted by Crippen LogP contribution is -2.15. The summed E-state index contributed by atoms with van der Waals surface area (Å²) in [6, 6.07) is 22.0. The quantitative estimate of drug-likeness (QED) is 0.344. The van der Waals surface area contributed by atoms with Crippen molar-refractivity contribution in [2.75, 3.05) is 5.32 Å². The van der Waals surface area contributed by atoms with Crippen LogP contribution in [0.5, 0.6) is 0 Å². The fourth-order valence-corrected chi connectivity index (χ4v) is 4.07. The van der Waals surface area contributed by atoms with Crippen LogP contribution in [-0.4, -0.2) is 5.29 Å². The minimum atomic E-state index is -0.255. The van der Waals surface area contributed by atoms with Crippen molar-refractivity contribution in [1.29, 1.82) is 0 Å². The van der Waals surface area contributed by atoms with Crippen LogP contribution in [0.1, 0.15) is 17.2 Å². The topological polar surface area (TPSA) is 50.7 Å². The summed E-state index contributed by atoms with van der Waals surface area (Å²) in [5.74, 6) is 0.644. The number of fused-ring (bicyclic) bond motifs is 6. The van der Waals surface area contributed by atoms with Gasteiger partial charge >= 0.3 is 0 Å². The fraction of sp³-hybridized carbons (Fsp3) is 0.0455. The Morgan fingerprint density at radius 2 is 1.48 bits per heavy atom. The van der Waals surface area contributed by atoms with E-state index in [1.807, 2.05) is 48.5 Å². The van der Waals surface area contributed by atoms with Crippen LogP contribution in [0, 0.1) is 0 Å². The predicted octanol–water partition coefficient (Wildman–Crippen LogP) is 6.44. The van der Waals surface area contributed by atoms with Crippen molar-refractivity contribution in [3.63, 3.8) is 0 Å². The Morgan fingerprint density at radius 3 is 2.33 bits per heavy atom. The number of furan rings is 2. The van der Waals surface area contributed by atoms with Crippen molar-refractivity contribution in [3.05, 3.63) is 77.9 Å². The molecule has 0 aliphatic carbocycles. The molecule has 1 aliphatic rings. The van der Waals surface area contributed by atoms with E-state index in [1.165, 1.54) is 0 Å². The van der Waals surface area contributed by atoms with Gasteiger partial charge in [-0.2, -0.15) is 0 Å². The Morgan fingerprint density at radius 1 is 0.778 bits per heavy atom. The summed E-state index contributed by atoms with van der Waals surface area (Å²) >= 11 is 6.25. The molecule has 1 N–H and O–H groups in total. The van der Waals surface area contributed by atoms with Crippen LogP contribution in [0.3, 0.4) is 0 Å². The van der Waals surface area contributed by atoms with E-state index < -0.39 is 0 Å². The minimum Gasteiger partial charge on any atom is -0.456 e. The molecule has 0 bridgehead atoms. The Bertz CT molecular complexity index is 1380. The van der Waals surface area contributed by atoms with Gasteiger partial charge in [-0.15, -0.1) is 0 Å². The normalized spacial score (nSPS) is 16.5. The van der Waals surface area contributed by atoms with Crippen molar-refractivity contribution in [1.82, 2.24) is 0 Å². The first-order valence-electron chi connectivity index (χ1n) is 8.71. The maximum Gasteiger partial charge on any atom is 0.206 e. The van der Waals surface area contributed by atoms with E-state index in [4.69, 9.17) is 20.4 Å². The van der Waals surface area contributed by atoms with Gasteiger partial charge in [0.2, 0.25) is 5.88 Å². The Hall–Kier alpha value is -3.24. The monoisotopic (exact) mass is 372 g/mol. The molecular formula is C22H13ClN2O2. The molecule has 2 aromatic heterocycles. The summed E-state index contributed by atoms with van der Waals surface area (Å²) in [6.07, 6.45) is 0. The molecule has 27 heavy (non-hydrogen) atoms. The van der Waals surface area contributed by atoms with Crippen molar-refractivity contribution in [3.8, 4) is 0 Å². The zero-order valence-corrected chi connectivity index (χ0v) is 14.8. The van der Waals surface area contributed by atoms with Gasteiger partial charge in [0.15, 0.2) is 5.29 Å². The Labute approximate surface area is 159 Å². The summed E-state index contributed by atoms with van der Waals surface area (Å²) in [6.45, 7) is 0. The Kier molecular flexibility index (Phi) is 2.96. The number of nitrogens with zero attached hydrogens (tertiary/aromatic N) is 1. The predicted molar refractivity (Wildman–Crippen MR) is 109 cm³/mol. The first kappa shape index (κ1) is 14.9. The third kappa shape index (κ3) is 2.14. The molecule has 130 valence electrons. The maximum absolute atomic E-state index is 6.25. The van der Waals surface area contributed by atoms with E-state index >= 15 is 0 Å². The molecule has 0 saturated heterocycles. The van der Waals surface area contributed by atoms with Gasteiger partial charge in [0.05, 0.1) is 5.56 Å². The number of rotatable bonds is 1. The maximum atomic E-state index is 6.25. The third-order valence-electron chi connectivity index (χ3n) is 5.08. The number of benzene rings is 3. The van der Waals surface area contributed by atoms with Crippen molar-refractivity contribution in [2.45, 2.75) is 6.04 Å². The molecule has 6 rings (SSSR count). The number of amidine groups is 1. The van der Waals surface area contributed by atoms with Gasteiger partial charge in [0, 0.05) is 16.2 Å². The van der Waals surface area contributed by atoms with Gasteiger partial charge in [-0.3, -0.25) is 0 Å². The molecule has 0 amide bonds. The van der Waals surface area contributed by atoms with E-state index in [0.717, 1.165) is 44.0 Å². The number of anilines is 1. The standard InChI is InChI=1S/C22H13ClN2O2/c23-22-24-20(19-15-6-2-4-8-17(15)27-21(19)25-22)12-9-10-14-13-5-1-3-7-16(13)26-18(14)11-12/h1-11,20H,(H,24,25). The second kappa shape index (κ2) is 5.38. The SMILES string of the molecule is ClC1=NC(c2ccc3c(c2)oc2ccccc23)c2c(oc3ccccc23)N1. The number of hydrogen-bond acceptors (Lipinski definition) is 4. The molecule has 5 aromatic rings. The third-order valence-corrected chi connectivity index (χ3v) is 5.28. The number of halogens is 1. The van der Waals surface area contributed by atoms with Crippen molar-refractivity contribution < 1.29 is 8.83 Å². The lowest BCUT2D eigenvalue weighted by Gasteiger charge is -2.19. The van der Waals surface area contributed by atoms with Crippen molar-refractivity contribution in [2.24, 2.45) is 4.99 Å². The molecule has 3 heterocycles. The van der Waals surface area contributed by atoms with Crippen LogP contribution in [0.4, 0.5) is 5.88 Å². The minimum absolute atomic E-state index is 0.255. The van der Waals surface area contributed by atoms with E-state index in [9.17, 15) is 0 Å². The number of para-hydroxylation sites is 2. The highest BCUT2D eigenvalue weighted by Crippen LogP contribution is 2.43. The van der Waals surface area contributed by atoms with Gasteiger partial charge in [-0.25, -0.2) is 4.99 Å². The first-order valence-corrected chi connectivity index (χ1v) is 9.09. The summed E-state index contributed by atoms with van der Waals surface area (Å²) in [5.41, 5.74) is 4.53. The van der Waals surface area contributed by atoms with Gasteiger partial charge in [-0.1, -0.05) is 48.5 Å². The molecular weight excluding hydrogens is 360 g/mol. The van der Waals surface area contributed by atoms with E-state index in [0.29, 0.717) is 11.2 Å². The summed E-state index contributed by atoms with van der Waals surface area (Å²) in [7, 11) is 0. The second-order valence-corrected chi connectivity index (χ2v) is 7.00. The summed E-state index contributed by atoms with van der Waals surface area (Å²) < 4.78 is 12.0. The highest BCUT2D eigenvalue weighted by Gasteiger charge is 2.29. The van der Waals surface area contributed by atoms with Crippen LogP contribution in [0.15, 0.2) is 80.6 Å². The van der Waals surface area contributed by atoms with E-state index in [1.54, 1.807) is 0 Å². The first-order chi connectivity index (χ1) is 13.3. The van der Waals surface area contributed by atoms with Crippen molar-refractivity contribution >= 4 is 55.7 Å². The highest BCUT2D eigenvalue weighted by molar-refractivity contribution is 6.67. The number of nitrogens with one attached hydrogen (secondary N) is 1. The molecule has 4 nitrogen and oxygen atoms in total. The van der Waals surface area contributed by atoms with Gasteiger partial charge in [0.25, 0.3) is 0 Å². The molecule has 1 unspecified atom stereocenters. The van der Waals surface area contributed by atoms with Crippen LogP contribution in [0.25, 0.3) is 32.9 Å². The van der Waals surface area contributed by atoms with Crippen LogP contribution in [0.2, 0.25) is 0 Å². The van der Waals surface area contributed by atoms with E-state index in [2.05, 4.69) is 28.5 Å². The van der Waals surface area contributed by atoms with Gasteiger partial charge < -0.3 is 14.2 Å². The lowest BCUT2D eigenvalue weighted by atomic mass is 9.96. The average molecular weight is 373 g/mol. The van der Waals surface area contributed by atoms with Gasteiger partial charge in [-0.05, 0) is 35.4 Å². The molecule has 0 spiro atoms. The molecule has 1 aliphatic heterocycles. The number of hydrogen-bond donors (Lipinski definition) is 1. The molecule has 5 heteroatoms. The van der Waals surface area contributed by atoms with Crippen LogP contribution >= 0.6 is 11.6 Å². The van der Waals surface area contributed by atoms with E-state index in [-0.39, 0.29) is 6.04 Å². The summed E-state index contributed by atoms with van der Waals surface area (Å²) in [5, 5.41) is 6.58. The van der Waals surface area contributed by atoms with Crippen LogP contribution < -0.4 is 5.32 Å². The molecule has 0 fully saturated rings. The fourth-order valence-electron chi connectivity index (χ4n) is 3.89.